The standard InChI is InChI=1S/C15H26O7S/c1-3-5-7-13(4-2)12-22-15(17)9-8-14(16)21-10-6-11-23(18,19)20/h8-9,13H,3-7,10-12H2,1-2H3,(H,18,19,20). The van der Waals surface area contributed by atoms with Gasteiger partial charge < -0.3 is 9.47 Å². The lowest BCUT2D eigenvalue weighted by Gasteiger charge is -2.13. The highest BCUT2D eigenvalue weighted by molar-refractivity contribution is 7.85. The van der Waals surface area contributed by atoms with Gasteiger partial charge >= 0.3 is 11.9 Å². The van der Waals surface area contributed by atoms with Crippen LogP contribution in [0.4, 0.5) is 0 Å². The second-order valence-electron chi connectivity index (χ2n) is 5.19. The lowest BCUT2D eigenvalue weighted by Crippen LogP contribution is -2.13. The third-order valence-corrected chi connectivity index (χ3v) is 3.96. The van der Waals surface area contributed by atoms with Crippen LogP contribution in [0.1, 0.15) is 46.0 Å². The molecule has 0 saturated heterocycles. The molecule has 1 unspecified atom stereocenters. The minimum Gasteiger partial charge on any atom is -0.462 e. The van der Waals surface area contributed by atoms with Gasteiger partial charge in [0.1, 0.15) is 0 Å². The fourth-order valence-corrected chi connectivity index (χ4v) is 2.23. The van der Waals surface area contributed by atoms with Crippen LogP contribution >= 0.6 is 0 Å². The molecule has 0 spiro atoms. The van der Waals surface area contributed by atoms with Crippen LogP contribution in [0.5, 0.6) is 0 Å². The summed E-state index contributed by atoms with van der Waals surface area (Å²) in [5, 5.41) is 0. The Morgan fingerprint density at radius 3 is 2.22 bits per heavy atom. The summed E-state index contributed by atoms with van der Waals surface area (Å²) in [5.74, 6) is -1.55. The highest BCUT2D eigenvalue weighted by Crippen LogP contribution is 2.12. The van der Waals surface area contributed by atoms with E-state index >= 15 is 0 Å². The average Bonchev–Trinajstić information content (AvgIpc) is 2.48. The van der Waals surface area contributed by atoms with Crippen molar-refractivity contribution in [2.45, 2.75) is 46.0 Å². The molecule has 8 heteroatoms. The quantitative estimate of drug-likeness (QED) is 0.249. The maximum Gasteiger partial charge on any atom is 0.331 e. The summed E-state index contributed by atoms with van der Waals surface area (Å²) in [6, 6.07) is 0. The van der Waals surface area contributed by atoms with Gasteiger partial charge in [-0.2, -0.15) is 8.42 Å². The van der Waals surface area contributed by atoms with Crippen molar-refractivity contribution >= 4 is 22.1 Å². The molecule has 0 aliphatic heterocycles. The first-order valence-electron chi connectivity index (χ1n) is 7.75. The first kappa shape index (κ1) is 21.6. The number of hydrogen-bond donors (Lipinski definition) is 1. The molecular weight excluding hydrogens is 324 g/mol. The molecule has 0 heterocycles. The van der Waals surface area contributed by atoms with E-state index < -0.39 is 27.8 Å². The van der Waals surface area contributed by atoms with Crippen LogP contribution in [0.15, 0.2) is 12.2 Å². The van der Waals surface area contributed by atoms with Gasteiger partial charge in [0, 0.05) is 12.2 Å². The maximum absolute atomic E-state index is 11.5. The number of unbranched alkanes of at least 4 members (excludes halogenated alkanes) is 1. The van der Waals surface area contributed by atoms with Gasteiger partial charge in [-0.15, -0.1) is 0 Å². The SMILES string of the molecule is CCCCC(CC)COC(=O)C=CC(=O)OCCCS(=O)(=O)O. The number of ether oxygens (including phenoxy) is 2. The zero-order valence-corrected chi connectivity index (χ0v) is 14.5. The summed E-state index contributed by atoms with van der Waals surface area (Å²) in [4.78, 5) is 22.8. The Morgan fingerprint density at radius 1 is 1.09 bits per heavy atom. The van der Waals surface area contributed by atoms with Crippen LogP contribution in [0.25, 0.3) is 0 Å². The van der Waals surface area contributed by atoms with Gasteiger partial charge in [0.2, 0.25) is 0 Å². The number of carbonyl (C=O) groups excluding carboxylic acids is 2. The first-order chi connectivity index (χ1) is 10.8. The molecule has 1 N–H and O–H groups in total. The normalized spacial score (nSPS) is 13.0. The van der Waals surface area contributed by atoms with Crippen LogP contribution in [0, 0.1) is 5.92 Å². The third-order valence-electron chi connectivity index (χ3n) is 3.15. The molecule has 0 aromatic carbocycles. The zero-order chi connectivity index (χ0) is 17.7. The van der Waals surface area contributed by atoms with Crippen LogP contribution in [-0.2, 0) is 29.2 Å². The minimum atomic E-state index is -4.06. The molecule has 0 aliphatic carbocycles. The Morgan fingerprint density at radius 2 is 1.70 bits per heavy atom. The number of hydrogen-bond acceptors (Lipinski definition) is 6. The Labute approximate surface area is 137 Å². The van der Waals surface area contributed by atoms with Crippen molar-refractivity contribution in [2.24, 2.45) is 5.92 Å². The van der Waals surface area contributed by atoms with Crippen LogP contribution < -0.4 is 0 Å². The van der Waals surface area contributed by atoms with Crippen molar-refractivity contribution in [3.05, 3.63) is 12.2 Å². The van der Waals surface area contributed by atoms with E-state index in [-0.39, 0.29) is 13.0 Å². The van der Waals surface area contributed by atoms with Gasteiger partial charge in [0.25, 0.3) is 10.1 Å². The van der Waals surface area contributed by atoms with Crippen molar-refractivity contribution in [3.8, 4) is 0 Å². The van der Waals surface area contributed by atoms with Gasteiger partial charge in [0.05, 0.1) is 19.0 Å². The summed E-state index contributed by atoms with van der Waals surface area (Å²) in [6.07, 6.45) is 6.00. The van der Waals surface area contributed by atoms with Crippen molar-refractivity contribution in [2.75, 3.05) is 19.0 Å². The largest absolute Gasteiger partial charge is 0.462 e. The van der Waals surface area contributed by atoms with Crippen LogP contribution in [0.3, 0.4) is 0 Å². The highest BCUT2D eigenvalue weighted by atomic mass is 32.2. The molecule has 0 rings (SSSR count). The third kappa shape index (κ3) is 13.9. The monoisotopic (exact) mass is 350 g/mol. The summed E-state index contributed by atoms with van der Waals surface area (Å²) < 4.78 is 39.1. The number of carbonyl (C=O) groups is 2. The lowest BCUT2D eigenvalue weighted by atomic mass is 10.0. The Bertz CT molecular complexity index is 482. The Hall–Kier alpha value is -1.41. The molecule has 0 fully saturated rings. The summed E-state index contributed by atoms with van der Waals surface area (Å²) in [7, 11) is -4.06. The molecule has 1 atom stereocenters. The molecule has 0 aromatic heterocycles. The van der Waals surface area contributed by atoms with E-state index in [0.29, 0.717) is 12.5 Å². The van der Waals surface area contributed by atoms with Gasteiger partial charge in [-0.25, -0.2) is 9.59 Å². The number of esters is 2. The van der Waals surface area contributed by atoms with Gasteiger partial charge in [-0.1, -0.05) is 33.1 Å². The summed E-state index contributed by atoms with van der Waals surface area (Å²) >= 11 is 0. The van der Waals surface area contributed by atoms with Crippen molar-refractivity contribution in [3.63, 3.8) is 0 Å². The predicted molar refractivity (Wildman–Crippen MR) is 85.4 cm³/mol. The van der Waals surface area contributed by atoms with Crippen molar-refractivity contribution in [1.82, 2.24) is 0 Å². The van der Waals surface area contributed by atoms with E-state index in [0.717, 1.165) is 37.8 Å². The average molecular weight is 350 g/mol. The van der Waals surface area contributed by atoms with Gasteiger partial charge in [0.15, 0.2) is 0 Å². The van der Waals surface area contributed by atoms with Crippen molar-refractivity contribution < 1.29 is 32.0 Å². The fraction of sp³-hybridized carbons (Fsp3) is 0.733. The fourth-order valence-electron chi connectivity index (χ4n) is 1.74. The molecule has 0 saturated carbocycles. The number of rotatable bonds is 12. The molecule has 134 valence electrons. The molecule has 0 aliphatic rings. The second-order valence-corrected chi connectivity index (χ2v) is 6.76. The molecular formula is C15H26O7S. The van der Waals surface area contributed by atoms with Gasteiger partial charge in [-0.05, 0) is 18.8 Å². The molecule has 7 nitrogen and oxygen atoms in total. The zero-order valence-electron chi connectivity index (χ0n) is 13.7. The van der Waals surface area contributed by atoms with E-state index in [9.17, 15) is 18.0 Å². The topological polar surface area (TPSA) is 107 Å². The van der Waals surface area contributed by atoms with E-state index in [4.69, 9.17) is 9.29 Å². The van der Waals surface area contributed by atoms with Gasteiger partial charge in [-0.3, -0.25) is 4.55 Å². The van der Waals surface area contributed by atoms with E-state index in [1.54, 1.807) is 0 Å². The van der Waals surface area contributed by atoms with Crippen molar-refractivity contribution in [1.29, 1.82) is 0 Å². The van der Waals surface area contributed by atoms with Crippen LogP contribution in [0.2, 0.25) is 0 Å². The summed E-state index contributed by atoms with van der Waals surface area (Å²) in [5.41, 5.74) is 0. The highest BCUT2D eigenvalue weighted by Gasteiger charge is 2.09. The lowest BCUT2D eigenvalue weighted by molar-refractivity contribution is -0.141. The summed E-state index contributed by atoms with van der Waals surface area (Å²) in [6.45, 7) is 4.30. The maximum atomic E-state index is 11.5. The minimum absolute atomic E-state index is 0.0154. The Kier molecular flexibility index (Phi) is 11.3. The van der Waals surface area contributed by atoms with Crippen LogP contribution in [-0.4, -0.2) is 43.9 Å². The molecule has 0 radical (unpaired) electrons. The molecule has 0 bridgehead atoms. The van der Waals surface area contributed by atoms with E-state index in [2.05, 4.69) is 11.7 Å². The second kappa shape index (κ2) is 12.1. The smallest absolute Gasteiger partial charge is 0.331 e. The van der Waals surface area contributed by atoms with E-state index in [1.807, 2.05) is 6.92 Å². The Balaban J connectivity index is 3.95. The first-order valence-corrected chi connectivity index (χ1v) is 9.36. The predicted octanol–water partition coefficient (Wildman–Crippen LogP) is 2.12. The van der Waals surface area contributed by atoms with E-state index in [1.165, 1.54) is 0 Å². The molecule has 0 amide bonds. The molecule has 23 heavy (non-hydrogen) atoms. The molecule has 0 aromatic rings.